The van der Waals surface area contributed by atoms with Crippen molar-refractivity contribution in [3.8, 4) is 11.8 Å². The van der Waals surface area contributed by atoms with Crippen LogP contribution in [-0.4, -0.2) is 14.6 Å². The summed E-state index contributed by atoms with van der Waals surface area (Å²) < 4.78 is 1.75. The highest BCUT2D eigenvalue weighted by atomic mass is 15.2. The highest BCUT2D eigenvalue weighted by Gasteiger charge is 2.00. The van der Waals surface area contributed by atoms with Gasteiger partial charge < -0.3 is 0 Å². The van der Waals surface area contributed by atoms with Crippen molar-refractivity contribution in [2.75, 3.05) is 0 Å². The van der Waals surface area contributed by atoms with Gasteiger partial charge in [0.15, 0.2) is 5.65 Å². The Bertz CT molecular complexity index is 803. The van der Waals surface area contributed by atoms with Crippen LogP contribution in [0.15, 0.2) is 42.7 Å². The third-order valence-electron chi connectivity index (χ3n) is 3.00. The molecule has 92 valence electrons. The van der Waals surface area contributed by atoms with Gasteiger partial charge in [0.05, 0.1) is 6.20 Å². The molecule has 3 nitrogen and oxygen atoms in total. The van der Waals surface area contributed by atoms with E-state index >= 15 is 0 Å². The lowest BCUT2D eigenvalue weighted by Crippen LogP contribution is -1.92. The highest BCUT2D eigenvalue weighted by Crippen LogP contribution is 2.09. The van der Waals surface area contributed by atoms with E-state index in [4.69, 9.17) is 0 Å². The molecule has 0 N–H and O–H groups in total. The van der Waals surface area contributed by atoms with Crippen LogP contribution in [0.4, 0.5) is 0 Å². The standard InChI is InChI=1S/C16H13N3/c1-12-5-6-13(2)14(10-12)7-8-15-11-17-16-4-3-9-18-19(15)16/h3-6,9-11H,1-2H3. The Kier molecular flexibility index (Phi) is 2.77. The number of benzene rings is 1. The average molecular weight is 247 g/mol. The largest absolute Gasteiger partial charge is 0.234 e. The van der Waals surface area contributed by atoms with Gasteiger partial charge in [0, 0.05) is 11.8 Å². The van der Waals surface area contributed by atoms with E-state index in [0.29, 0.717) is 0 Å². The predicted molar refractivity (Wildman–Crippen MR) is 74.9 cm³/mol. The molecule has 3 aromatic rings. The van der Waals surface area contributed by atoms with Crippen LogP contribution in [0.3, 0.4) is 0 Å². The second-order valence-corrected chi connectivity index (χ2v) is 4.51. The molecule has 0 amide bonds. The Labute approximate surface area is 111 Å². The first kappa shape index (κ1) is 11.5. The maximum absolute atomic E-state index is 4.27. The van der Waals surface area contributed by atoms with Gasteiger partial charge >= 0.3 is 0 Å². The minimum Gasteiger partial charge on any atom is -0.234 e. The van der Waals surface area contributed by atoms with Crippen LogP contribution in [0.25, 0.3) is 5.65 Å². The smallest absolute Gasteiger partial charge is 0.154 e. The lowest BCUT2D eigenvalue weighted by atomic mass is 10.1. The zero-order chi connectivity index (χ0) is 13.2. The molecule has 2 heterocycles. The molecule has 0 spiro atoms. The van der Waals surface area contributed by atoms with E-state index in [1.54, 1.807) is 16.9 Å². The van der Waals surface area contributed by atoms with Crippen molar-refractivity contribution in [3.63, 3.8) is 0 Å². The van der Waals surface area contributed by atoms with Crippen molar-refractivity contribution in [2.24, 2.45) is 0 Å². The molecule has 0 aliphatic rings. The SMILES string of the molecule is Cc1ccc(C)c(C#Cc2cnc3cccnn23)c1. The minimum atomic E-state index is 0.802. The summed E-state index contributed by atoms with van der Waals surface area (Å²) in [6.45, 7) is 4.14. The molecule has 0 radical (unpaired) electrons. The molecule has 0 unspecified atom stereocenters. The molecule has 1 aromatic carbocycles. The quantitative estimate of drug-likeness (QED) is 0.572. The van der Waals surface area contributed by atoms with Crippen LogP contribution in [0.5, 0.6) is 0 Å². The first-order chi connectivity index (χ1) is 9.24. The average Bonchev–Trinajstić information content (AvgIpc) is 2.83. The second kappa shape index (κ2) is 4.58. The fraction of sp³-hybridized carbons (Fsp3) is 0.125. The number of imidazole rings is 1. The zero-order valence-corrected chi connectivity index (χ0v) is 10.9. The minimum absolute atomic E-state index is 0.802. The van der Waals surface area contributed by atoms with Gasteiger partial charge in [-0.1, -0.05) is 18.1 Å². The van der Waals surface area contributed by atoms with E-state index in [0.717, 1.165) is 16.9 Å². The van der Waals surface area contributed by atoms with Gasteiger partial charge in [-0.3, -0.25) is 0 Å². The molecule has 3 heteroatoms. The van der Waals surface area contributed by atoms with Gasteiger partial charge in [0.2, 0.25) is 0 Å². The van der Waals surface area contributed by atoms with Crippen molar-refractivity contribution in [2.45, 2.75) is 13.8 Å². The summed E-state index contributed by atoms with van der Waals surface area (Å²) in [5.74, 6) is 6.34. The number of hydrogen-bond acceptors (Lipinski definition) is 2. The summed E-state index contributed by atoms with van der Waals surface area (Å²) in [5, 5.41) is 4.25. The molecule has 0 aliphatic heterocycles. The topological polar surface area (TPSA) is 30.2 Å². The van der Waals surface area contributed by atoms with Crippen molar-refractivity contribution in [1.29, 1.82) is 0 Å². The zero-order valence-electron chi connectivity index (χ0n) is 10.9. The van der Waals surface area contributed by atoms with Gasteiger partial charge in [-0.2, -0.15) is 5.10 Å². The normalized spacial score (nSPS) is 10.2. The third-order valence-corrected chi connectivity index (χ3v) is 3.00. The molecular formula is C16H13N3. The van der Waals surface area contributed by atoms with E-state index in [1.807, 2.05) is 12.1 Å². The summed E-state index contributed by atoms with van der Waals surface area (Å²) >= 11 is 0. The van der Waals surface area contributed by atoms with E-state index in [9.17, 15) is 0 Å². The maximum Gasteiger partial charge on any atom is 0.154 e. The number of rotatable bonds is 0. The van der Waals surface area contributed by atoms with Gasteiger partial charge in [-0.05, 0) is 49.1 Å². The van der Waals surface area contributed by atoms with Gasteiger partial charge in [0.25, 0.3) is 0 Å². The summed E-state index contributed by atoms with van der Waals surface area (Å²) in [6, 6.07) is 10.1. The van der Waals surface area contributed by atoms with Gasteiger partial charge in [-0.15, -0.1) is 0 Å². The van der Waals surface area contributed by atoms with Gasteiger partial charge in [-0.25, -0.2) is 9.50 Å². The Morgan fingerprint density at radius 1 is 1.11 bits per heavy atom. The monoisotopic (exact) mass is 247 g/mol. The molecular weight excluding hydrogens is 234 g/mol. The third kappa shape index (κ3) is 2.21. The van der Waals surface area contributed by atoms with E-state index in [1.165, 1.54) is 11.1 Å². The van der Waals surface area contributed by atoms with Gasteiger partial charge in [0.1, 0.15) is 5.69 Å². The maximum atomic E-state index is 4.27. The second-order valence-electron chi connectivity index (χ2n) is 4.51. The van der Waals surface area contributed by atoms with Crippen molar-refractivity contribution in [1.82, 2.24) is 14.6 Å². The lowest BCUT2D eigenvalue weighted by molar-refractivity contribution is 0.923. The number of nitrogens with zero attached hydrogens (tertiary/aromatic N) is 3. The molecule has 0 saturated heterocycles. The number of aryl methyl sites for hydroxylation is 2. The first-order valence-corrected chi connectivity index (χ1v) is 6.12. The number of aromatic nitrogens is 3. The summed E-state index contributed by atoms with van der Waals surface area (Å²) in [7, 11) is 0. The molecule has 2 aromatic heterocycles. The van der Waals surface area contributed by atoms with Crippen molar-refractivity contribution < 1.29 is 0 Å². The molecule has 0 aliphatic carbocycles. The summed E-state index contributed by atoms with van der Waals surface area (Å²) in [6.07, 6.45) is 3.48. The summed E-state index contributed by atoms with van der Waals surface area (Å²) in [4.78, 5) is 4.27. The summed E-state index contributed by atoms with van der Waals surface area (Å²) in [5.41, 5.74) is 5.06. The fourth-order valence-electron chi connectivity index (χ4n) is 1.92. The lowest BCUT2D eigenvalue weighted by Gasteiger charge is -1.98. The molecule has 0 saturated carbocycles. The van der Waals surface area contributed by atoms with E-state index < -0.39 is 0 Å². The Balaban J connectivity index is 2.06. The van der Waals surface area contributed by atoms with Crippen LogP contribution in [0.1, 0.15) is 22.4 Å². The molecule has 0 fully saturated rings. The van der Waals surface area contributed by atoms with E-state index in [2.05, 4.69) is 54.0 Å². The predicted octanol–water partition coefficient (Wildman–Crippen LogP) is 2.75. The van der Waals surface area contributed by atoms with Crippen LogP contribution in [0, 0.1) is 25.7 Å². The highest BCUT2D eigenvalue weighted by molar-refractivity contribution is 5.48. The fourth-order valence-corrected chi connectivity index (χ4v) is 1.92. The number of hydrogen-bond donors (Lipinski definition) is 0. The number of fused-ring (bicyclic) bond motifs is 1. The van der Waals surface area contributed by atoms with Crippen molar-refractivity contribution in [3.05, 3.63) is 65.1 Å². The van der Waals surface area contributed by atoms with Crippen molar-refractivity contribution >= 4 is 5.65 Å². The van der Waals surface area contributed by atoms with E-state index in [-0.39, 0.29) is 0 Å². The van der Waals surface area contributed by atoms with Crippen LogP contribution >= 0.6 is 0 Å². The van der Waals surface area contributed by atoms with Crippen LogP contribution < -0.4 is 0 Å². The van der Waals surface area contributed by atoms with Crippen LogP contribution in [-0.2, 0) is 0 Å². The molecule has 0 bridgehead atoms. The Hall–Kier alpha value is -2.60. The Morgan fingerprint density at radius 3 is 2.89 bits per heavy atom. The molecule has 0 atom stereocenters. The molecule has 3 rings (SSSR count). The Morgan fingerprint density at radius 2 is 2.00 bits per heavy atom. The van der Waals surface area contributed by atoms with Crippen LogP contribution in [0.2, 0.25) is 0 Å². The molecule has 19 heavy (non-hydrogen) atoms. The first-order valence-electron chi connectivity index (χ1n) is 6.12.